The van der Waals surface area contributed by atoms with Gasteiger partial charge in [-0.05, 0) is 48.2 Å². The van der Waals surface area contributed by atoms with E-state index in [4.69, 9.17) is 9.47 Å². The minimum absolute atomic E-state index is 0.135. The van der Waals surface area contributed by atoms with Crippen LogP contribution in [0.3, 0.4) is 0 Å². The zero-order chi connectivity index (χ0) is 30.6. The molecule has 0 unspecified atom stereocenters. The normalized spacial score (nSPS) is 17.9. The number of amides is 4. The van der Waals surface area contributed by atoms with Crippen molar-refractivity contribution in [3.8, 4) is 11.5 Å². The zero-order valence-electron chi connectivity index (χ0n) is 24.5. The maximum atomic E-state index is 13.4. The van der Waals surface area contributed by atoms with Crippen molar-refractivity contribution >= 4 is 23.6 Å². The predicted molar refractivity (Wildman–Crippen MR) is 162 cm³/mol. The second kappa shape index (κ2) is 15.4. The van der Waals surface area contributed by atoms with Crippen LogP contribution in [0.1, 0.15) is 34.3 Å². The van der Waals surface area contributed by atoms with Crippen LogP contribution in [0.25, 0.3) is 0 Å². The minimum atomic E-state index is -1.18. The number of likely N-dealkylation sites (N-methyl/N-ethyl adjacent to an activating group) is 1. The zero-order valence-corrected chi connectivity index (χ0v) is 24.5. The molecule has 0 aliphatic carbocycles. The highest BCUT2D eigenvalue weighted by atomic mass is 16.5. The van der Waals surface area contributed by atoms with Crippen LogP contribution in [0.5, 0.6) is 11.5 Å². The van der Waals surface area contributed by atoms with E-state index in [-0.39, 0.29) is 37.5 Å². The monoisotopic (exact) mass is 586 g/mol. The third kappa shape index (κ3) is 9.06. The average molecular weight is 587 g/mol. The SMILES string of the molecule is COc1cccc(CCCNC(=O)[C@@H]2CC(=O)N[C@@H](Cc3ccccc3)C(=O)N(C)CCOc3ccccc3C(=O)N2)c1. The van der Waals surface area contributed by atoms with E-state index in [1.165, 1.54) is 4.90 Å². The molecule has 0 bridgehead atoms. The molecule has 10 nitrogen and oxygen atoms in total. The molecule has 10 heteroatoms. The molecule has 226 valence electrons. The van der Waals surface area contributed by atoms with Gasteiger partial charge in [-0.25, -0.2) is 0 Å². The second-order valence-electron chi connectivity index (χ2n) is 10.4. The van der Waals surface area contributed by atoms with Crippen molar-refractivity contribution < 1.29 is 28.7 Å². The fourth-order valence-electron chi connectivity index (χ4n) is 4.84. The largest absolute Gasteiger partial charge is 0.497 e. The number of aryl methyl sites for hydroxylation is 1. The molecule has 1 heterocycles. The van der Waals surface area contributed by atoms with Crippen LogP contribution >= 0.6 is 0 Å². The molecule has 3 aromatic rings. The molecule has 0 spiro atoms. The molecular formula is C33H38N4O6. The van der Waals surface area contributed by atoms with E-state index in [9.17, 15) is 19.2 Å². The molecule has 3 N–H and O–H groups in total. The lowest BCUT2D eigenvalue weighted by atomic mass is 10.0. The summed E-state index contributed by atoms with van der Waals surface area (Å²) in [5.74, 6) is -0.769. The Morgan fingerprint density at radius 2 is 1.72 bits per heavy atom. The van der Waals surface area contributed by atoms with Gasteiger partial charge in [-0.2, -0.15) is 0 Å². The van der Waals surface area contributed by atoms with Crippen molar-refractivity contribution in [3.05, 3.63) is 95.6 Å². The number of hydrogen-bond acceptors (Lipinski definition) is 6. The Kier molecular flexibility index (Phi) is 11.1. The van der Waals surface area contributed by atoms with Gasteiger partial charge in [0.25, 0.3) is 5.91 Å². The first kappa shape index (κ1) is 31.1. The highest BCUT2D eigenvalue weighted by Gasteiger charge is 2.30. The van der Waals surface area contributed by atoms with E-state index in [1.54, 1.807) is 38.4 Å². The topological polar surface area (TPSA) is 126 Å². The summed E-state index contributed by atoms with van der Waals surface area (Å²) < 4.78 is 11.1. The number of fused-ring (bicyclic) bond motifs is 1. The fourth-order valence-corrected chi connectivity index (χ4v) is 4.84. The fraction of sp³-hybridized carbons (Fsp3) is 0.333. The Morgan fingerprint density at radius 1 is 0.977 bits per heavy atom. The van der Waals surface area contributed by atoms with Crippen LogP contribution in [0, 0.1) is 0 Å². The van der Waals surface area contributed by atoms with Gasteiger partial charge in [0.05, 0.1) is 25.6 Å². The number of hydrogen-bond donors (Lipinski definition) is 3. The van der Waals surface area contributed by atoms with E-state index in [0.29, 0.717) is 25.1 Å². The van der Waals surface area contributed by atoms with Crippen LogP contribution in [-0.4, -0.2) is 74.5 Å². The first-order chi connectivity index (χ1) is 20.8. The summed E-state index contributed by atoms with van der Waals surface area (Å²) >= 11 is 0. The number of nitrogens with zero attached hydrogens (tertiary/aromatic N) is 1. The Hall–Kier alpha value is -4.86. The molecule has 4 rings (SSSR count). The lowest BCUT2D eigenvalue weighted by molar-refractivity contribution is -0.136. The number of nitrogens with one attached hydrogen (secondary N) is 3. The van der Waals surface area contributed by atoms with Gasteiger partial charge in [0.1, 0.15) is 30.2 Å². The molecule has 4 amide bonds. The Labute approximate surface area is 251 Å². The molecule has 0 radical (unpaired) electrons. The Balaban J connectivity index is 1.50. The summed E-state index contributed by atoms with van der Waals surface area (Å²) in [5.41, 5.74) is 2.17. The standard InChI is InChI=1S/C33H38N4O6/c1-37-18-19-43-29-16-7-6-15-26(29)31(39)36-27(32(40)34-17-9-13-23-12-8-14-25(20-23)42-2)22-30(38)35-28(33(37)41)21-24-10-4-3-5-11-24/h3-8,10-12,14-16,20,27-28H,9,13,17-19,21-22H2,1-2H3,(H,34,40)(H,35,38)(H,36,39)/t27-,28-/m0/s1. The molecule has 0 saturated carbocycles. The van der Waals surface area contributed by atoms with Gasteiger partial charge in [-0.15, -0.1) is 0 Å². The molecular weight excluding hydrogens is 548 g/mol. The first-order valence-electron chi connectivity index (χ1n) is 14.4. The van der Waals surface area contributed by atoms with Crippen molar-refractivity contribution in [2.24, 2.45) is 0 Å². The van der Waals surface area contributed by atoms with Gasteiger partial charge in [0, 0.05) is 20.0 Å². The van der Waals surface area contributed by atoms with Crippen molar-refractivity contribution in [2.75, 3.05) is 33.9 Å². The molecule has 1 aliphatic rings. The summed E-state index contributed by atoms with van der Waals surface area (Å²) in [6.45, 7) is 0.718. The predicted octanol–water partition coefficient (Wildman–Crippen LogP) is 2.51. The summed E-state index contributed by atoms with van der Waals surface area (Å²) in [6.07, 6.45) is 1.27. The van der Waals surface area contributed by atoms with Crippen molar-refractivity contribution in [1.29, 1.82) is 0 Å². The summed E-state index contributed by atoms with van der Waals surface area (Å²) in [5, 5.41) is 8.36. The van der Waals surface area contributed by atoms with E-state index >= 15 is 0 Å². The second-order valence-corrected chi connectivity index (χ2v) is 10.4. The number of benzene rings is 3. The van der Waals surface area contributed by atoms with E-state index < -0.39 is 29.8 Å². The third-order valence-electron chi connectivity index (χ3n) is 7.20. The lowest BCUT2D eigenvalue weighted by Crippen LogP contribution is -2.53. The number of methoxy groups -OCH3 is 1. The van der Waals surface area contributed by atoms with Gasteiger partial charge >= 0.3 is 0 Å². The Morgan fingerprint density at radius 3 is 2.51 bits per heavy atom. The van der Waals surface area contributed by atoms with Crippen molar-refractivity contribution in [3.63, 3.8) is 0 Å². The number of carbonyl (C=O) groups is 4. The third-order valence-corrected chi connectivity index (χ3v) is 7.20. The highest BCUT2D eigenvalue weighted by molar-refractivity contribution is 6.01. The molecule has 0 saturated heterocycles. The summed E-state index contributed by atoms with van der Waals surface area (Å²) in [4.78, 5) is 54.8. The maximum absolute atomic E-state index is 13.4. The molecule has 0 fully saturated rings. The van der Waals surface area contributed by atoms with Gasteiger partial charge < -0.3 is 30.3 Å². The lowest BCUT2D eigenvalue weighted by Gasteiger charge is -2.26. The van der Waals surface area contributed by atoms with Crippen LogP contribution in [0.2, 0.25) is 0 Å². The molecule has 2 atom stereocenters. The molecule has 0 aromatic heterocycles. The van der Waals surface area contributed by atoms with E-state index in [2.05, 4.69) is 16.0 Å². The van der Waals surface area contributed by atoms with E-state index in [1.807, 2.05) is 54.6 Å². The smallest absolute Gasteiger partial charge is 0.255 e. The van der Waals surface area contributed by atoms with E-state index in [0.717, 1.165) is 16.9 Å². The minimum Gasteiger partial charge on any atom is -0.497 e. The average Bonchev–Trinajstić information content (AvgIpc) is 3.02. The molecule has 43 heavy (non-hydrogen) atoms. The number of rotatable bonds is 8. The van der Waals surface area contributed by atoms with Gasteiger partial charge in [0.2, 0.25) is 17.7 Å². The van der Waals surface area contributed by atoms with Gasteiger partial charge in [-0.3, -0.25) is 19.2 Å². The van der Waals surface area contributed by atoms with Gasteiger partial charge in [-0.1, -0.05) is 54.6 Å². The summed E-state index contributed by atoms with van der Waals surface area (Å²) in [7, 11) is 3.25. The molecule has 3 aromatic carbocycles. The van der Waals surface area contributed by atoms with Crippen LogP contribution < -0.4 is 25.4 Å². The molecule has 1 aliphatic heterocycles. The van der Waals surface area contributed by atoms with Crippen molar-refractivity contribution in [2.45, 2.75) is 37.8 Å². The van der Waals surface area contributed by atoms with Gasteiger partial charge in [0.15, 0.2) is 0 Å². The van der Waals surface area contributed by atoms with Crippen LogP contribution in [0.4, 0.5) is 0 Å². The number of para-hydroxylation sites is 1. The van der Waals surface area contributed by atoms with Crippen molar-refractivity contribution in [1.82, 2.24) is 20.9 Å². The number of carbonyl (C=O) groups excluding carboxylic acids is 4. The summed E-state index contributed by atoms with van der Waals surface area (Å²) in [6, 6.07) is 21.7. The maximum Gasteiger partial charge on any atom is 0.255 e. The Bertz CT molecular complexity index is 1410. The quantitative estimate of drug-likeness (QED) is 0.349. The highest BCUT2D eigenvalue weighted by Crippen LogP contribution is 2.19. The van der Waals surface area contributed by atoms with Crippen LogP contribution in [-0.2, 0) is 27.2 Å². The first-order valence-corrected chi connectivity index (χ1v) is 14.4. The van der Waals surface area contributed by atoms with Crippen LogP contribution in [0.15, 0.2) is 78.9 Å². The number of ether oxygens (including phenoxy) is 2.